The summed E-state index contributed by atoms with van der Waals surface area (Å²) in [6, 6.07) is 5.84. The van der Waals surface area contributed by atoms with Gasteiger partial charge in [0.25, 0.3) is 5.91 Å². The van der Waals surface area contributed by atoms with E-state index in [1.165, 1.54) is 10.5 Å². The lowest BCUT2D eigenvalue weighted by Gasteiger charge is -2.25. The third kappa shape index (κ3) is 3.42. The third-order valence-electron chi connectivity index (χ3n) is 3.86. The number of fused-ring (bicyclic) bond motifs is 1. The Bertz CT molecular complexity index is 540. The van der Waals surface area contributed by atoms with Crippen LogP contribution in [-0.2, 0) is 17.8 Å². The maximum Gasteiger partial charge on any atom is 0.254 e. The second-order valence-electron chi connectivity index (χ2n) is 5.48. The number of hydrogen-bond acceptors (Lipinski definition) is 3. The topological polar surface area (TPSA) is 52.7 Å². The zero-order valence-electron chi connectivity index (χ0n) is 13.0. The van der Waals surface area contributed by atoms with Crippen molar-refractivity contribution in [2.24, 2.45) is 0 Å². The number of amides is 2. The Hall–Kier alpha value is -1.88. The molecule has 1 aliphatic heterocycles. The van der Waals surface area contributed by atoms with Gasteiger partial charge in [-0.1, -0.05) is 12.1 Å². The fourth-order valence-electron chi connectivity index (χ4n) is 2.53. The molecule has 0 fully saturated rings. The number of hydrogen-bond donors (Lipinski definition) is 1. The van der Waals surface area contributed by atoms with Gasteiger partial charge in [0.05, 0.1) is 6.54 Å². The van der Waals surface area contributed by atoms with Crippen LogP contribution >= 0.6 is 0 Å². The Kier molecular flexibility index (Phi) is 4.96. The summed E-state index contributed by atoms with van der Waals surface area (Å²) >= 11 is 0. The van der Waals surface area contributed by atoms with Crippen molar-refractivity contribution in [3.05, 3.63) is 34.9 Å². The molecule has 1 aromatic carbocycles. The molecular weight excluding hydrogens is 266 g/mol. The van der Waals surface area contributed by atoms with E-state index >= 15 is 0 Å². The van der Waals surface area contributed by atoms with Crippen LogP contribution in [0.5, 0.6) is 0 Å². The molecule has 0 aliphatic carbocycles. The summed E-state index contributed by atoms with van der Waals surface area (Å²) in [6.45, 7) is 4.25. The fourth-order valence-corrected chi connectivity index (χ4v) is 2.53. The second-order valence-corrected chi connectivity index (χ2v) is 5.48. The molecule has 1 heterocycles. The van der Waals surface area contributed by atoms with Gasteiger partial charge in [-0.15, -0.1) is 0 Å². The van der Waals surface area contributed by atoms with Crippen LogP contribution in [0, 0.1) is 0 Å². The molecule has 1 N–H and O–H groups in total. The van der Waals surface area contributed by atoms with Crippen molar-refractivity contribution < 1.29 is 9.59 Å². The van der Waals surface area contributed by atoms with Gasteiger partial charge in [-0.3, -0.25) is 9.59 Å². The standard InChI is InChI=1S/C16H23N3O2/c1-4-19(11-15(20)18(2)3)16(21)14-7-5-6-12-10-17-9-8-13(12)14/h5-7,17H,4,8-11H2,1-3H3. The minimum atomic E-state index is -0.0586. The number of rotatable bonds is 4. The van der Waals surface area contributed by atoms with Crippen LogP contribution in [0.25, 0.3) is 0 Å². The maximum absolute atomic E-state index is 12.7. The number of likely N-dealkylation sites (N-methyl/N-ethyl adjacent to an activating group) is 2. The molecule has 1 aliphatic rings. The molecule has 0 bridgehead atoms. The summed E-state index contributed by atoms with van der Waals surface area (Å²) in [4.78, 5) is 27.7. The highest BCUT2D eigenvalue weighted by Gasteiger charge is 2.22. The van der Waals surface area contributed by atoms with Crippen LogP contribution in [-0.4, -0.2) is 55.3 Å². The van der Waals surface area contributed by atoms with Gasteiger partial charge in [0.2, 0.25) is 5.91 Å². The normalized spacial score (nSPS) is 13.5. The zero-order chi connectivity index (χ0) is 15.4. The van der Waals surface area contributed by atoms with Gasteiger partial charge >= 0.3 is 0 Å². The first kappa shape index (κ1) is 15.5. The van der Waals surface area contributed by atoms with Crippen molar-refractivity contribution in [3.8, 4) is 0 Å². The molecule has 1 aromatic rings. The molecule has 21 heavy (non-hydrogen) atoms. The van der Waals surface area contributed by atoms with Crippen molar-refractivity contribution in [1.82, 2.24) is 15.1 Å². The van der Waals surface area contributed by atoms with E-state index in [1.807, 2.05) is 19.1 Å². The molecule has 0 radical (unpaired) electrons. The van der Waals surface area contributed by atoms with Crippen LogP contribution < -0.4 is 5.32 Å². The van der Waals surface area contributed by atoms with Gasteiger partial charge in [0.15, 0.2) is 0 Å². The first-order chi connectivity index (χ1) is 10.0. The highest BCUT2D eigenvalue weighted by molar-refractivity contribution is 5.98. The van der Waals surface area contributed by atoms with E-state index in [0.717, 1.165) is 30.6 Å². The number of nitrogens with zero attached hydrogens (tertiary/aromatic N) is 2. The molecule has 5 nitrogen and oxygen atoms in total. The van der Waals surface area contributed by atoms with Crippen molar-refractivity contribution in [2.75, 3.05) is 33.7 Å². The Morgan fingerprint density at radius 2 is 2.05 bits per heavy atom. The first-order valence-corrected chi connectivity index (χ1v) is 7.35. The predicted octanol–water partition coefficient (Wildman–Crippen LogP) is 0.883. The summed E-state index contributed by atoms with van der Waals surface area (Å²) in [5.41, 5.74) is 3.04. The minimum Gasteiger partial charge on any atom is -0.347 e. The summed E-state index contributed by atoms with van der Waals surface area (Å²) in [7, 11) is 3.41. The average Bonchev–Trinajstić information content (AvgIpc) is 2.51. The smallest absolute Gasteiger partial charge is 0.254 e. The largest absolute Gasteiger partial charge is 0.347 e. The Morgan fingerprint density at radius 3 is 2.71 bits per heavy atom. The number of nitrogens with one attached hydrogen (secondary N) is 1. The number of benzene rings is 1. The van der Waals surface area contributed by atoms with E-state index in [4.69, 9.17) is 0 Å². The van der Waals surface area contributed by atoms with Crippen LogP contribution in [0.4, 0.5) is 0 Å². The summed E-state index contributed by atoms with van der Waals surface area (Å²) in [6.07, 6.45) is 0.858. The molecule has 2 rings (SSSR count). The van der Waals surface area contributed by atoms with Crippen molar-refractivity contribution in [2.45, 2.75) is 19.9 Å². The average molecular weight is 289 g/mol. The van der Waals surface area contributed by atoms with E-state index in [1.54, 1.807) is 19.0 Å². The molecule has 0 saturated carbocycles. The van der Waals surface area contributed by atoms with E-state index in [-0.39, 0.29) is 18.4 Å². The molecule has 5 heteroatoms. The van der Waals surface area contributed by atoms with Crippen molar-refractivity contribution in [3.63, 3.8) is 0 Å². The van der Waals surface area contributed by atoms with E-state index < -0.39 is 0 Å². The highest BCUT2D eigenvalue weighted by Crippen LogP contribution is 2.20. The molecule has 0 atom stereocenters. The van der Waals surface area contributed by atoms with E-state index in [0.29, 0.717) is 6.54 Å². The van der Waals surface area contributed by atoms with Gasteiger partial charge in [0.1, 0.15) is 0 Å². The number of carbonyl (C=O) groups excluding carboxylic acids is 2. The second kappa shape index (κ2) is 6.72. The SMILES string of the molecule is CCN(CC(=O)N(C)C)C(=O)c1cccc2c1CCNC2. The summed E-state index contributed by atoms with van der Waals surface area (Å²) in [5, 5.41) is 3.31. The Labute approximate surface area is 125 Å². The van der Waals surface area contributed by atoms with Gasteiger partial charge in [-0.25, -0.2) is 0 Å². The molecule has 2 amide bonds. The third-order valence-corrected chi connectivity index (χ3v) is 3.86. The minimum absolute atomic E-state index is 0.0496. The zero-order valence-corrected chi connectivity index (χ0v) is 13.0. The van der Waals surface area contributed by atoms with Crippen molar-refractivity contribution in [1.29, 1.82) is 0 Å². The highest BCUT2D eigenvalue weighted by atomic mass is 16.2. The van der Waals surface area contributed by atoms with Gasteiger partial charge in [-0.05, 0) is 37.1 Å². The maximum atomic E-state index is 12.7. The lowest BCUT2D eigenvalue weighted by molar-refractivity contribution is -0.129. The Balaban J connectivity index is 2.24. The number of carbonyl (C=O) groups is 2. The van der Waals surface area contributed by atoms with Crippen LogP contribution in [0.1, 0.15) is 28.4 Å². The fraction of sp³-hybridized carbons (Fsp3) is 0.500. The van der Waals surface area contributed by atoms with Gasteiger partial charge in [-0.2, -0.15) is 0 Å². The van der Waals surface area contributed by atoms with E-state index in [9.17, 15) is 9.59 Å². The molecule has 0 spiro atoms. The Morgan fingerprint density at radius 1 is 1.29 bits per heavy atom. The van der Waals surface area contributed by atoms with Gasteiger partial charge in [0, 0.05) is 32.7 Å². The predicted molar refractivity (Wildman–Crippen MR) is 82.1 cm³/mol. The van der Waals surface area contributed by atoms with Crippen molar-refractivity contribution >= 4 is 11.8 Å². The van der Waals surface area contributed by atoms with Crippen LogP contribution in [0.15, 0.2) is 18.2 Å². The van der Waals surface area contributed by atoms with Crippen LogP contribution in [0.2, 0.25) is 0 Å². The molecule has 0 unspecified atom stereocenters. The summed E-state index contributed by atoms with van der Waals surface area (Å²) in [5.74, 6) is -0.108. The molecule has 0 saturated heterocycles. The monoisotopic (exact) mass is 289 g/mol. The van der Waals surface area contributed by atoms with Crippen LogP contribution in [0.3, 0.4) is 0 Å². The first-order valence-electron chi connectivity index (χ1n) is 7.35. The summed E-state index contributed by atoms with van der Waals surface area (Å²) < 4.78 is 0. The lowest BCUT2D eigenvalue weighted by Crippen LogP contribution is -2.40. The van der Waals surface area contributed by atoms with Gasteiger partial charge < -0.3 is 15.1 Å². The quantitative estimate of drug-likeness (QED) is 0.895. The molecule has 114 valence electrons. The van der Waals surface area contributed by atoms with E-state index in [2.05, 4.69) is 11.4 Å². The lowest BCUT2D eigenvalue weighted by atomic mass is 9.95. The molecule has 0 aromatic heterocycles. The molecular formula is C16H23N3O2.